The zero-order valence-electron chi connectivity index (χ0n) is 14.7. The second kappa shape index (κ2) is 7.65. The summed E-state index contributed by atoms with van der Waals surface area (Å²) in [7, 11) is 1.59. The van der Waals surface area contributed by atoms with Crippen molar-refractivity contribution in [3.05, 3.63) is 70.6 Å². The Kier molecular flexibility index (Phi) is 4.90. The van der Waals surface area contributed by atoms with Gasteiger partial charge in [-0.3, -0.25) is 4.79 Å². The van der Waals surface area contributed by atoms with Crippen LogP contribution in [0.15, 0.2) is 69.0 Å². The fraction of sp³-hybridized carbons (Fsp3) is 0.105. The third kappa shape index (κ3) is 3.52. The van der Waals surface area contributed by atoms with E-state index in [2.05, 4.69) is 15.5 Å². The van der Waals surface area contributed by atoms with Crippen LogP contribution in [0.25, 0.3) is 16.7 Å². The van der Waals surface area contributed by atoms with E-state index in [0.29, 0.717) is 21.9 Å². The minimum atomic E-state index is -0.654. The number of thioether (sulfide) groups is 1. The van der Waals surface area contributed by atoms with Crippen LogP contribution in [0.3, 0.4) is 0 Å². The van der Waals surface area contributed by atoms with Gasteiger partial charge in [0.15, 0.2) is 5.78 Å². The van der Waals surface area contributed by atoms with E-state index in [9.17, 15) is 9.59 Å². The summed E-state index contributed by atoms with van der Waals surface area (Å²) in [6.07, 6.45) is 0. The topological polar surface area (TPSA) is 100 Å². The number of ketones is 1. The van der Waals surface area contributed by atoms with Crippen LogP contribution in [0.2, 0.25) is 0 Å². The monoisotopic (exact) mass is 394 g/mol. The zero-order valence-corrected chi connectivity index (χ0v) is 15.5. The number of benzene rings is 2. The number of methoxy groups -OCH3 is 1. The summed E-state index contributed by atoms with van der Waals surface area (Å²) in [6, 6.07) is 15.8. The summed E-state index contributed by atoms with van der Waals surface area (Å²) in [5.41, 5.74) is 0.528. The molecule has 140 valence electrons. The molecule has 0 saturated heterocycles. The van der Waals surface area contributed by atoms with Gasteiger partial charge in [-0.1, -0.05) is 30.0 Å². The van der Waals surface area contributed by atoms with Crippen molar-refractivity contribution < 1.29 is 13.9 Å². The Hall–Kier alpha value is -3.46. The van der Waals surface area contributed by atoms with Crippen LogP contribution in [0.1, 0.15) is 10.4 Å². The van der Waals surface area contributed by atoms with Crippen LogP contribution in [-0.2, 0) is 0 Å². The highest BCUT2D eigenvalue weighted by Crippen LogP contribution is 2.21. The second-order valence-electron chi connectivity index (χ2n) is 5.77. The lowest BCUT2D eigenvalue weighted by Crippen LogP contribution is -2.15. The Bertz CT molecular complexity index is 1200. The first-order chi connectivity index (χ1) is 13.7. The van der Waals surface area contributed by atoms with Crippen LogP contribution in [0, 0.1) is 0 Å². The molecule has 9 heteroatoms. The largest absolute Gasteiger partial charge is 0.497 e. The molecule has 0 radical (unpaired) electrons. The van der Waals surface area contributed by atoms with Gasteiger partial charge in [0.1, 0.15) is 16.9 Å². The fourth-order valence-corrected chi connectivity index (χ4v) is 3.39. The lowest BCUT2D eigenvalue weighted by atomic mass is 10.1. The zero-order chi connectivity index (χ0) is 19.5. The van der Waals surface area contributed by atoms with Crippen molar-refractivity contribution in [2.45, 2.75) is 5.16 Å². The third-order valence-corrected chi connectivity index (χ3v) is 4.95. The summed E-state index contributed by atoms with van der Waals surface area (Å²) in [4.78, 5) is 24.7. The quantitative estimate of drug-likeness (QED) is 0.280. The molecule has 8 nitrogen and oxygen atoms in total. The first-order valence-electron chi connectivity index (χ1n) is 8.27. The molecule has 2 heterocycles. The molecule has 28 heavy (non-hydrogen) atoms. The van der Waals surface area contributed by atoms with Crippen molar-refractivity contribution in [1.29, 1.82) is 0 Å². The lowest BCUT2D eigenvalue weighted by Gasteiger charge is -2.05. The average Bonchev–Trinajstić information content (AvgIpc) is 3.20. The van der Waals surface area contributed by atoms with Gasteiger partial charge in [-0.2, -0.15) is 4.68 Å². The molecule has 2 aromatic carbocycles. The van der Waals surface area contributed by atoms with Crippen molar-refractivity contribution >= 4 is 28.5 Å². The molecule has 4 rings (SSSR count). The number of tetrazole rings is 1. The molecule has 0 fully saturated rings. The molecule has 2 aromatic heterocycles. The number of fused-ring (bicyclic) bond motifs is 1. The molecule has 0 amide bonds. The van der Waals surface area contributed by atoms with Crippen LogP contribution in [0.4, 0.5) is 0 Å². The smallest absolute Gasteiger partial charge is 0.347 e. The maximum Gasteiger partial charge on any atom is 0.347 e. The minimum absolute atomic E-state index is 0.000369. The number of hydrogen-bond acceptors (Lipinski definition) is 8. The Balaban J connectivity index is 1.54. The molecule has 0 atom stereocenters. The Morgan fingerprint density at radius 1 is 1.18 bits per heavy atom. The maximum absolute atomic E-state index is 12.6. The number of nitrogens with zero attached hydrogens (tertiary/aromatic N) is 4. The van der Waals surface area contributed by atoms with E-state index in [4.69, 9.17) is 9.15 Å². The predicted molar refractivity (Wildman–Crippen MR) is 103 cm³/mol. The number of carbonyl (C=O) groups excluding carboxylic acids is 1. The van der Waals surface area contributed by atoms with Crippen molar-refractivity contribution in [3.63, 3.8) is 0 Å². The number of para-hydroxylation sites is 1. The van der Waals surface area contributed by atoms with Gasteiger partial charge >= 0.3 is 5.63 Å². The summed E-state index contributed by atoms with van der Waals surface area (Å²) >= 11 is 1.14. The predicted octanol–water partition coefficient (Wildman–Crippen LogP) is 2.75. The van der Waals surface area contributed by atoms with E-state index in [-0.39, 0.29) is 17.1 Å². The molecule has 0 unspecified atom stereocenters. The van der Waals surface area contributed by atoms with E-state index in [1.807, 2.05) is 6.07 Å². The van der Waals surface area contributed by atoms with E-state index in [0.717, 1.165) is 17.4 Å². The number of rotatable bonds is 6. The molecule has 0 saturated carbocycles. The van der Waals surface area contributed by atoms with Crippen LogP contribution in [0.5, 0.6) is 5.75 Å². The van der Waals surface area contributed by atoms with Gasteiger partial charge in [0.05, 0.1) is 18.6 Å². The minimum Gasteiger partial charge on any atom is -0.497 e. The van der Waals surface area contributed by atoms with Crippen LogP contribution >= 0.6 is 11.8 Å². The highest BCUT2D eigenvalue weighted by atomic mass is 32.2. The van der Waals surface area contributed by atoms with Crippen LogP contribution in [-0.4, -0.2) is 38.9 Å². The van der Waals surface area contributed by atoms with Crippen LogP contribution < -0.4 is 10.4 Å². The molecule has 4 aromatic rings. The number of aromatic nitrogens is 4. The average molecular weight is 394 g/mol. The molecule has 0 N–H and O–H groups in total. The fourth-order valence-electron chi connectivity index (χ4n) is 2.62. The van der Waals surface area contributed by atoms with Gasteiger partial charge in [-0.25, -0.2) is 4.79 Å². The molecule has 0 aliphatic rings. The summed E-state index contributed by atoms with van der Waals surface area (Å²) < 4.78 is 11.9. The summed E-state index contributed by atoms with van der Waals surface area (Å²) in [5, 5.41) is 12.7. The van der Waals surface area contributed by atoms with E-state index in [1.165, 1.54) is 4.68 Å². The number of ether oxygens (including phenoxy) is 1. The van der Waals surface area contributed by atoms with Crippen molar-refractivity contribution in [3.8, 4) is 11.4 Å². The highest BCUT2D eigenvalue weighted by molar-refractivity contribution is 7.99. The molecule has 0 spiro atoms. The number of Topliss-reactive ketones (excluding diaryl/α,β-unsaturated/α-hetero) is 1. The van der Waals surface area contributed by atoms with Gasteiger partial charge in [0.2, 0.25) is 5.16 Å². The third-order valence-electron chi connectivity index (χ3n) is 4.03. The van der Waals surface area contributed by atoms with Crippen molar-refractivity contribution in [2.75, 3.05) is 12.9 Å². The summed E-state index contributed by atoms with van der Waals surface area (Å²) in [5.74, 6) is 0.359. The first kappa shape index (κ1) is 17.9. The van der Waals surface area contributed by atoms with Gasteiger partial charge in [-0.15, -0.1) is 5.10 Å². The number of carbonyl (C=O) groups is 1. The van der Waals surface area contributed by atoms with Gasteiger partial charge in [0, 0.05) is 5.39 Å². The lowest BCUT2D eigenvalue weighted by molar-refractivity contribution is 0.101. The first-order valence-corrected chi connectivity index (χ1v) is 9.26. The Labute approximate surface area is 163 Å². The van der Waals surface area contributed by atoms with Crippen molar-refractivity contribution in [1.82, 2.24) is 20.2 Å². The Morgan fingerprint density at radius 2 is 1.96 bits per heavy atom. The van der Waals surface area contributed by atoms with Crippen molar-refractivity contribution in [2.24, 2.45) is 0 Å². The van der Waals surface area contributed by atoms with E-state index >= 15 is 0 Å². The van der Waals surface area contributed by atoms with E-state index < -0.39 is 5.63 Å². The molecule has 0 aliphatic heterocycles. The summed E-state index contributed by atoms with van der Waals surface area (Å²) in [6.45, 7) is 0. The number of hydrogen-bond donors (Lipinski definition) is 0. The normalized spacial score (nSPS) is 10.9. The SMILES string of the molecule is COc1ccc(-n2nnnc2SCC(=O)c2cc3ccccc3oc2=O)cc1. The molecule has 0 bridgehead atoms. The molecular formula is C19H14N4O4S. The Morgan fingerprint density at radius 3 is 2.75 bits per heavy atom. The highest BCUT2D eigenvalue weighted by Gasteiger charge is 2.17. The maximum atomic E-state index is 12.6. The van der Waals surface area contributed by atoms with E-state index in [1.54, 1.807) is 55.6 Å². The molecular weight excluding hydrogens is 380 g/mol. The van der Waals surface area contributed by atoms with Gasteiger partial charge in [0.25, 0.3) is 0 Å². The van der Waals surface area contributed by atoms with Gasteiger partial charge < -0.3 is 9.15 Å². The molecule has 0 aliphatic carbocycles. The van der Waals surface area contributed by atoms with Gasteiger partial charge in [-0.05, 0) is 46.8 Å². The second-order valence-corrected chi connectivity index (χ2v) is 6.71. The standard InChI is InChI=1S/C19H14N4O4S/c1-26-14-8-6-13(7-9-14)23-19(20-21-22-23)28-11-16(24)15-10-12-4-2-3-5-17(12)27-18(15)25/h2-10H,11H2,1H3.